The Hall–Kier alpha value is -2.21. The average molecular weight is 343 g/mol. The molecule has 0 aliphatic heterocycles. The smallest absolute Gasteiger partial charge is 0.293 e. The van der Waals surface area contributed by atoms with Crippen LogP contribution in [0.2, 0.25) is 0 Å². The molecule has 0 unspecified atom stereocenters. The zero-order valence-corrected chi connectivity index (χ0v) is 15.2. The summed E-state index contributed by atoms with van der Waals surface area (Å²) in [5.41, 5.74) is 2.62. The number of amides is 1. The summed E-state index contributed by atoms with van der Waals surface area (Å²) in [4.78, 5) is 12.6. The number of hydrogen-bond acceptors (Lipinski definition) is 5. The summed E-state index contributed by atoms with van der Waals surface area (Å²) in [6, 6.07) is 5.91. The van der Waals surface area contributed by atoms with Crippen LogP contribution < -0.4 is 5.32 Å². The van der Waals surface area contributed by atoms with E-state index in [1.54, 1.807) is 0 Å². The summed E-state index contributed by atoms with van der Waals surface area (Å²) in [5.74, 6) is 0.442. The topological polar surface area (TPSA) is 68.0 Å². The van der Waals surface area contributed by atoms with Gasteiger partial charge in [-0.1, -0.05) is 43.4 Å². The number of furan rings is 1. The van der Waals surface area contributed by atoms with Crippen LogP contribution in [0.5, 0.6) is 0 Å². The van der Waals surface area contributed by atoms with Gasteiger partial charge in [-0.2, -0.15) is 0 Å². The molecule has 0 fully saturated rings. The van der Waals surface area contributed by atoms with Crippen molar-refractivity contribution in [2.75, 3.05) is 5.32 Å². The first kappa shape index (κ1) is 16.6. The first-order valence-corrected chi connectivity index (χ1v) is 9.00. The number of anilines is 1. The van der Waals surface area contributed by atoms with E-state index in [4.69, 9.17) is 4.42 Å². The van der Waals surface area contributed by atoms with Gasteiger partial charge in [0.2, 0.25) is 5.13 Å². The number of para-hydroxylation sites is 1. The van der Waals surface area contributed by atoms with Gasteiger partial charge >= 0.3 is 0 Å². The molecule has 6 heteroatoms. The molecule has 1 N–H and O–H groups in total. The molecule has 0 aliphatic rings. The Labute approximate surface area is 145 Å². The molecule has 2 heterocycles. The van der Waals surface area contributed by atoms with Crippen LogP contribution in [0.25, 0.3) is 11.0 Å². The van der Waals surface area contributed by atoms with Crippen molar-refractivity contribution in [2.24, 2.45) is 0 Å². The number of fused-ring (bicyclic) bond motifs is 1. The summed E-state index contributed by atoms with van der Waals surface area (Å²) in [6.45, 7) is 8.14. The average Bonchev–Trinajstić information content (AvgIpc) is 3.15. The molecule has 1 aromatic carbocycles. The van der Waals surface area contributed by atoms with Crippen LogP contribution in [-0.2, 0) is 0 Å². The van der Waals surface area contributed by atoms with Gasteiger partial charge in [-0.3, -0.25) is 10.1 Å². The molecule has 0 bridgehead atoms. The largest absolute Gasteiger partial charge is 0.450 e. The summed E-state index contributed by atoms with van der Waals surface area (Å²) < 4.78 is 5.80. The van der Waals surface area contributed by atoms with Crippen LogP contribution in [-0.4, -0.2) is 16.1 Å². The van der Waals surface area contributed by atoms with E-state index >= 15 is 0 Å². The van der Waals surface area contributed by atoms with Crippen LogP contribution in [0.3, 0.4) is 0 Å². The third kappa shape index (κ3) is 2.94. The number of nitrogens with zero attached hydrogens (tertiary/aromatic N) is 2. The van der Waals surface area contributed by atoms with E-state index in [0.717, 1.165) is 39.9 Å². The predicted molar refractivity (Wildman–Crippen MR) is 96.9 cm³/mol. The number of carbonyl (C=O) groups excluding carboxylic acids is 1. The first-order chi connectivity index (χ1) is 11.5. The lowest BCUT2D eigenvalue weighted by Crippen LogP contribution is -2.11. The van der Waals surface area contributed by atoms with Crippen LogP contribution in [0.1, 0.15) is 59.3 Å². The maximum Gasteiger partial charge on any atom is 0.293 e. The number of carbonyl (C=O) groups is 1. The van der Waals surface area contributed by atoms with Gasteiger partial charge in [0, 0.05) is 16.9 Å². The number of hydrogen-bond donors (Lipinski definition) is 1. The second kappa shape index (κ2) is 6.73. The first-order valence-electron chi connectivity index (χ1n) is 8.18. The molecule has 3 aromatic rings. The van der Waals surface area contributed by atoms with E-state index in [2.05, 4.69) is 29.4 Å². The van der Waals surface area contributed by atoms with Crippen molar-refractivity contribution < 1.29 is 9.21 Å². The van der Waals surface area contributed by atoms with E-state index in [1.165, 1.54) is 11.3 Å². The zero-order chi connectivity index (χ0) is 17.3. The second-order valence-corrected chi connectivity index (χ2v) is 6.93. The van der Waals surface area contributed by atoms with Crippen LogP contribution >= 0.6 is 11.3 Å². The minimum Gasteiger partial charge on any atom is -0.450 e. The lowest BCUT2D eigenvalue weighted by Gasteiger charge is -2.05. The monoisotopic (exact) mass is 343 g/mol. The summed E-state index contributed by atoms with van der Waals surface area (Å²) in [5, 5.41) is 13.6. The fourth-order valence-corrected chi connectivity index (χ4v) is 3.85. The summed E-state index contributed by atoms with van der Waals surface area (Å²) >= 11 is 1.43. The van der Waals surface area contributed by atoms with Gasteiger partial charge in [0.05, 0.1) is 0 Å². The van der Waals surface area contributed by atoms with Crippen LogP contribution in [0.4, 0.5) is 5.13 Å². The summed E-state index contributed by atoms with van der Waals surface area (Å²) in [7, 11) is 0. The lowest BCUT2D eigenvalue weighted by molar-refractivity contribution is 0.0998. The van der Waals surface area contributed by atoms with Crippen molar-refractivity contribution in [2.45, 2.75) is 46.5 Å². The Morgan fingerprint density at radius 1 is 1.25 bits per heavy atom. The third-order valence-corrected chi connectivity index (χ3v) is 5.36. The highest BCUT2D eigenvalue weighted by Crippen LogP contribution is 2.30. The molecule has 0 saturated heterocycles. The molecule has 0 radical (unpaired) electrons. The normalized spacial score (nSPS) is 11.4. The van der Waals surface area contributed by atoms with Crippen molar-refractivity contribution in [1.82, 2.24) is 10.2 Å². The van der Waals surface area contributed by atoms with Gasteiger partial charge in [0.1, 0.15) is 10.6 Å². The molecule has 0 saturated carbocycles. The Bertz CT molecular complexity index is 878. The molecule has 5 nitrogen and oxygen atoms in total. The van der Waals surface area contributed by atoms with Crippen LogP contribution in [0, 0.1) is 13.8 Å². The molecule has 3 rings (SSSR count). The zero-order valence-electron chi connectivity index (χ0n) is 14.3. The minimum absolute atomic E-state index is 0.282. The van der Waals surface area contributed by atoms with E-state index in [1.807, 2.05) is 32.0 Å². The quantitative estimate of drug-likeness (QED) is 0.703. The van der Waals surface area contributed by atoms with Crippen molar-refractivity contribution in [3.63, 3.8) is 0 Å². The fourth-order valence-electron chi connectivity index (χ4n) is 2.84. The standard InChI is InChI=1S/C18H21N3O2S/c1-5-12(6-2)17-20-21-18(24-17)19-16(22)15-11(4)13-9-7-8-10(3)14(13)23-15/h7-9,12H,5-6H2,1-4H3,(H,19,21,22). The number of nitrogens with one attached hydrogen (secondary N) is 1. The van der Waals surface area contributed by atoms with Crippen molar-refractivity contribution >= 4 is 33.3 Å². The van der Waals surface area contributed by atoms with Crippen LogP contribution in [0.15, 0.2) is 22.6 Å². The predicted octanol–water partition coefficient (Wildman–Crippen LogP) is 5.06. The maximum atomic E-state index is 12.6. The van der Waals surface area contributed by atoms with Gasteiger partial charge in [-0.25, -0.2) is 0 Å². The molecule has 0 aliphatic carbocycles. The van der Waals surface area contributed by atoms with E-state index in [0.29, 0.717) is 16.8 Å². The highest BCUT2D eigenvalue weighted by Gasteiger charge is 2.21. The maximum absolute atomic E-state index is 12.6. The highest BCUT2D eigenvalue weighted by atomic mass is 32.1. The molecular weight excluding hydrogens is 322 g/mol. The van der Waals surface area contributed by atoms with E-state index in [9.17, 15) is 4.79 Å². The van der Waals surface area contributed by atoms with Crippen molar-refractivity contribution in [1.29, 1.82) is 0 Å². The summed E-state index contributed by atoms with van der Waals surface area (Å²) in [6.07, 6.45) is 2.03. The number of aromatic nitrogens is 2. The SMILES string of the molecule is CCC(CC)c1nnc(NC(=O)c2oc3c(C)cccc3c2C)s1. The van der Waals surface area contributed by atoms with Gasteiger partial charge in [-0.05, 0) is 32.3 Å². The highest BCUT2D eigenvalue weighted by molar-refractivity contribution is 7.15. The van der Waals surface area contributed by atoms with Gasteiger partial charge in [0.15, 0.2) is 5.76 Å². The fraction of sp³-hybridized carbons (Fsp3) is 0.389. The molecular formula is C18H21N3O2S. The number of benzene rings is 1. The Morgan fingerprint density at radius 3 is 2.67 bits per heavy atom. The Kier molecular flexibility index (Phi) is 4.66. The third-order valence-electron chi connectivity index (χ3n) is 4.36. The van der Waals surface area contributed by atoms with E-state index < -0.39 is 0 Å². The molecule has 0 atom stereocenters. The van der Waals surface area contributed by atoms with Gasteiger partial charge in [-0.15, -0.1) is 10.2 Å². The molecule has 24 heavy (non-hydrogen) atoms. The molecule has 1 amide bonds. The van der Waals surface area contributed by atoms with Gasteiger partial charge < -0.3 is 4.42 Å². The Morgan fingerprint density at radius 2 is 2.00 bits per heavy atom. The Balaban J connectivity index is 1.86. The molecule has 126 valence electrons. The number of aryl methyl sites for hydroxylation is 2. The second-order valence-electron chi connectivity index (χ2n) is 5.92. The van der Waals surface area contributed by atoms with Crippen molar-refractivity contribution in [3.05, 3.63) is 40.1 Å². The molecule has 0 spiro atoms. The molecule has 2 aromatic heterocycles. The lowest BCUT2D eigenvalue weighted by atomic mass is 10.1. The van der Waals surface area contributed by atoms with Gasteiger partial charge in [0.25, 0.3) is 5.91 Å². The van der Waals surface area contributed by atoms with E-state index in [-0.39, 0.29) is 5.91 Å². The van der Waals surface area contributed by atoms with Crippen molar-refractivity contribution in [3.8, 4) is 0 Å². The minimum atomic E-state index is -0.282. The number of rotatable bonds is 5.